The number of hydrogen-bond acceptors (Lipinski definition) is 29. The van der Waals surface area contributed by atoms with E-state index >= 15 is 0 Å². The van der Waals surface area contributed by atoms with Gasteiger partial charge in [-0.05, 0) is 108 Å². The van der Waals surface area contributed by atoms with Crippen molar-refractivity contribution in [2.45, 2.75) is 54.6 Å². The summed E-state index contributed by atoms with van der Waals surface area (Å²) in [6, 6.07) is 15.0. The minimum atomic E-state index is -4.63. The lowest BCUT2D eigenvalue weighted by Gasteiger charge is -2.06. The lowest BCUT2D eigenvalue weighted by molar-refractivity contribution is -0.138. The van der Waals surface area contributed by atoms with E-state index in [0.717, 1.165) is 55.6 Å². The lowest BCUT2D eigenvalue weighted by atomic mass is 10.3. The summed E-state index contributed by atoms with van der Waals surface area (Å²) in [5, 5.41) is 46.4. The highest BCUT2D eigenvalue weighted by atomic mass is 32.1. The number of alkyl halides is 3. The lowest BCUT2D eigenvalue weighted by Crippen LogP contribution is -2.20. The zero-order valence-electron chi connectivity index (χ0n) is 55.5. The van der Waals surface area contributed by atoms with Crippen LogP contribution in [0.4, 0.5) is 91.7 Å². The van der Waals surface area contributed by atoms with E-state index in [0.29, 0.717) is 53.2 Å². The molecule has 10 aromatic rings. The Morgan fingerprint density at radius 3 is 1.04 bits per heavy atom. The van der Waals surface area contributed by atoms with Crippen LogP contribution in [0.25, 0.3) is 0 Å². The third-order valence-electron chi connectivity index (χ3n) is 11.7. The summed E-state index contributed by atoms with van der Waals surface area (Å²) < 4.78 is 62.1. The Labute approximate surface area is 613 Å². The highest BCUT2D eigenvalue weighted by Crippen LogP contribution is 2.35. The molecule has 0 aliphatic heterocycles. The van der Waals surface area contributed by atoms with Gasteiger partial charge in [0.25, 0.3) is 0 Å². The first-order chi connectivity index (χ1) is 48.3. The average Bonchev–Trinajstić information content (AvgIpc) is 1.72. The van der Waals surface area contributed by atoms with Gasteiger partial charge in [-0.3, -0.25) is 31.3 Å². The summed E-state index contributed by atoms with van der Waals surface area (Å²) in [4.78, 5) is 124. The number of aryl methyl sites for hydroxylation is 8. The molecule has 43 heteroatoms. The van der Waals surface area contributed by atoms with E-state index in [4.69, 9.17) is 4.74 Å². The highest BCUT2D eigenvalue weighted by Gasteiger charge is 2.36. The number of esters is 5. The van der Waals surface area contributed by atoms with Gasteiger partial charge in [-0.2, -0.15) is 18.3 Å². The van der Waals surface area contributed by atoms with E-state index in [9.17, 15) is 61.1 Å². The number of hydrogen-bond donors (Lipinski definition) is 10. The Bertz CT molecular complexity index is 4330. The SMILES string of the molecule is COC(=O)c1sc(C)cc1NC(=O)Nc1ccc(C)s1.COC(=O)c1sc(C)cc1NC(=O)Nc1cccs1.COC(=O)c1sc(C)cc1NC(=O)Nc1ccn(C)n1.COC(=O)c1sc(C)cc1NC(=O)Nc1nnc(C(F)(F)F)s1.COC(=O)c1sc(C)cc1NC(=O)Nc1nnc(C)s1. The van der Waals surface area contributed by atoms with Crippen molar-refractivity contribution in [3.8, 4) is 0 Å². The van der Waals surface area contributed by atoms with Gasteiger partial charge in [0.15, 0.2) is 5.82 Å². The summed E-state index contributed by atoms with van der Waals surface area (Å²) in [6.45, 7) is 12.9. The number of nitrogens with one attached hydrogen (secondary N) is 10. The summed E-state index contributed by atoms with van der Waals surface area (Å²) >= 11 is 10.6. The maximum absolute atomic E-state index is 12.4. The van der Waals surface area contributed by atoms with Crippen molar-refractivity contribution >= 4 is 217 Å². The quantitative estimate of drug-likeness (QED) is 0.0337. The van der Waals surface area contributed by atoms with Gasteiger partial charge in [-0.15, -0.1) is 99.8 Å². The second-order valence-corrected chi connectivity index (χ2v) is 30.3. The van der Waals surface area contributed by atoms with Gasteiger partial charge < -0.3 is 50.3 Å². The second-order valence-electron chi connectivity index (χ2n) is 19.7. The molecule has 0 bridgehead atoms. The van der Waals surface area contributed by atoms with Crippen molar-refractivity contribution in [3.05, 3.63) is 136 Å². The third-order valence-corrected chi connectivity index (χ3v) is 20.2. The Morgan fingerprint density at radius 2 is 0.745 bits per heavy atom. The Hall–Kier alpha value is -10.3. The van der Waals surface area contributed by atoms with Crippen LogP contribution in [-0.2, 0) is 36.9 Å². The number of methoxy groups -OCH3 is 5. The van der Waals surface area contributed by atoms with Gasteiger partial charge >= 0.3 is 66.2 Å². The molecular formula is C59H61F3N16O15S9. The number of anilines is 10. The molecule has 542 valence electrons. The standard InChI is InChI=1S/C13H14N2O3S2.C12H14N4O3S.C12H12N2O3S2.C11H9F3N4O3S2.C11H12N4O3S2/c1-7-4-5-10(19-7)15-13(17)14-9-6-8(2)20-11(9)12(16)18-3;1-7-6-8(10(20-7)11(17)19-3)13-12(18)14-9-4-5-16(2)15-9;1-7-6-8(10(19-7)11(15)17-2)13-12(16)14-9-4-3-5-18-9;1-4-3-5(6(22-4)7(19)21-2)15-9(20)16-10-18-17-8(23-10)11(12,13)14;1-5-4-7(8(19-5)9(16)18-3)12-10(17)13-11-15-14-6(2)20-11/h4-6H,1-3H3,(H2,14,15,17);4-6H,1-3H3,(H2,13,14,15,18);3-6H,1-2H3,(H2,13,14,16);3H,1-2H3,(H2,15,16,18,20);4H,1-3H3,(H2,12,13,15,17). The summed E-state index contributed by atoms with van der Waals surface area (Å²) in [5.74, 6) is -2.07. The van der Waals surface area contributed by atoms with Gasteiger partial charge in [-0.25, -0.2) is 47.9 Å². The zero-order valence-corrected chi connectivity index (χ0v) is 62.9. The van der Waals surface area contributed by atoms with E-state index in [1.54, 1.807) is 68.2 Å². The van der Waals surface area contributed by atoms with Crippen molar-refractivity contribution in [2.75, 3.05) is 88.7 Å². The van der Waals surface area contributed by atoms with Crippen LogP contribution in [0, 0.1) is 48.5 Å². The number of ether oxygens (including phenoxy) is 5. The van der Waals surface area contributed by atoms with Gasteiger partial charge in [0.2, 0.25) is 15.3 Å². The number of carbonyl (C=O) groups excluding carboxylic acids is 10. The minimum Gasteiger partial charge on any atom is -0.465 e. The summed E-state index contributed by atoms with van der Waals surface area (Å²) in [7, 11) is 8.17. The van der Waals surface area contributed by atoms with Crippen molar-refractivity contribution in [1.29, 1.82) is 0 Å². The molecule has 0 fully saturated rings. The molecule has 0 radical (unpaired) electrons. The van der Waals surface area contributed by atoms with Gasteiger partial charge in [0, 0.05) is 48.6 Å². The van der Waals surface area contributed by atoms with Crippen molar-refractivity contribution < 1.29 is 84.8 Å². The molecule has 10 amide bonds. The van der Waals surface area contributed by atoms with Crippen LogP contribution in [0.3, 0.4) is 0 Å². The topological polar surface area (TPSA) is 407 Å². The Morgan fingerprint density at radius 1 is 0.392 bits per heavy atom. The van der Waals surface area contributed by atoms with E-state index < -0.39 is 59.1 Å². The minimum absolute atomic E-state index is 0.174. The number of urea groups is 5. The van der Waals surface area contributed by atoms with Crippen LogP contribution >= 0.6 is 102 Å². The molecule has 0 spiro atoms. The van der Waals surface area contributed by atoms with Crippen molar-refractivity contribution in [3.63, 3.8) is 0 Å². The molecule has 0 aliphatic rings. The molecule has 0 unspecified atom stereocenters. The molecule has 10 heterocycles. The van der Waals surface area contributed by atoms with Crippen LogP contribution in [0.1, 0.15) is 87.6 Å². The molecule has 10 aromatic heterocycles. The maximum Gasteiger partial charge on any atom is 0.445 e. The fraction of sp³-hybridized carbons (Fsp3) is 0.237. The molecule has 0 saturated carbocycles. The summed E-state index contributed by atoms with van der Waals surface area (Å²) in [5.41, 5.74) is 1.96. The predicted molar refractivity (Wildman–Crippen MR) is 391 cm³/mol. The van der Waals surface area contributed by atoms with E-state index in [1.165, 1.54) is 121 Å². The molecule has 0 aliphatic carbocycles. The van der Waals surface area contributed by atoms with E-state index in [-0.39, 0.29) is 39.1 Å². The van der Waals surface area contributed by atoms with Crippen LogP contribution in [0.5, 0.6) is 0 Å². The fourth-order valence-electron chi connectivity index (χ4n) is 7.63. The first-order valence-electron chi connectivity index (χ1n) is 28.4. The van der Waals surface area contributed by atoms with Crippen LogP contribution in [0.2, 0.25) is 0 Å². The van der Waals surface area contributed by atoms with Crippen molar-refractivity contribution in [2.24, 2.45) is 7.05 Å². The second kappa shape index (κ2) is 37.9. The van der Waals surface area contributed by atoms with Crippen LogP contribution in [-0.4, -0.2) is 126 Å². The first kappa shape index (κ1) is 80.7. The molecule has 0 saturated heterocycles. The predicted octanol–water partition coefficient (Wildman–Crippen LogP) is 15.6. The molecular weight excluding hydrogens is 1520 g/mol. The van der Waals surface area contributed by atoms with Gasteiger partial charge in [0.05, 0.1) is 74.0 Å². The number of aromatic nitrogens is 6. The van der Waals surface area contributed by atoms with E-state index in [2.05, 4.69) is 97.6 Å². The van der Waals surface area contributed by atoms with E-state index in [1.807, 2.05) is 58.2 Å². The maximum atomic E-state index is 12.4. The third kappa shape index (κ3) is 24.8. The first-order valence-corrected chi connectivity index (χ1v) is 35.8. The molecule has 0 atom stereocenters. The molecule has 102 heavy (non-hydrogen) atoms. The smallest absolute Gasteiger partial charge is 0.445 e. The number of nitrogens with zero attached hydrogens (tertiary/aromatic N) is 6. The average molecular weight is 1580 g/mol. The molecule has 10 rings (SSSR count). The molecule has 10 N–H and O–H groups in total. The normalized spacial score (nSPS) is 10.4. The number of thiophene rings is 7. The highest BCUT2D eigenvalue weighted by molar-refractivity contribution is 7.17. The Kier molecular flexibility index (Phi) is 30.0. The molecule has 31 nitrogen and oxygen atoms in total. The Balaban J connectivity index is 0.000000201. The number of amides is 10. The summed E-state index contributed by atoms with van der Waals surface area (Å²) in [6.07, 6.45) is -2.92. The largest absolute Gasteiger partial charge is 0.465 e. The fourth-order valence-corrected chi connectivity index (χ4v) is 14.6. The van der Waals surface area contributed by atoms with Gasteiger partial charge in [0.1, 0.15) is 29.4 Å². The van der Waals surface area contributed by atoms with Crippen LogP contribution < -0.4 is 53.2 Å². The van der Waals surface area contributed by atoms with Crippen molar-refractivity contribution in [1.82, 2.24) is 30.2 Å². The number of rotatable bonds is 15. The van der Waals surface area contributed by atoms with Gasteiger partial charge in [-0.1, -0.05) is 22.7 Å². The monoisotopic (exact) mass is 1580 g/mol. The van der Waals surface area contributed by atoms with Crippen LogP contribution in [0.15, 0.2) is 72.2 Å². The number of carbonyl (C=O) groups is 10. The number of halogens is 3. The molecule has 0 aromatic carbocycles. The zero-order chi connectivity index (χ0) is 75.1.